The Balaban J connectivity index is 2.46. The molecule has 84 valence electrons. The Bertz CT molecular complexity index is 170. The summed E-state index contributed by atoms with van der Waals surface area (Å²) in [4.78, 5) is 4.86. The Morgan fingerprint density at radius 3 is 2.57 bits per heavy atom. The summed E-state index contributed by atoms with van der Waals surface area (Å²) in [6, 6.07) is 1.42. The van der Waals surface area contributed by atoms with E-state index in [1.165, 1.54) is 25.9 Å². The average molecular weight is 199 g/mol. The van der Waals surface area contributed by atoms with E-state index in [4.69, 9.17) is 5.73 Å². The van der Waals surface area contributed by atoms with Crippen LogP contribution in [0.1, 0.15) is 26.7 Å². The summed E-state index contributed by atoms with van der Waals surface area (Å²) in [5, 5.41) is 0. The van der Waals surface area contributed by atoms with Gasteiger partial charge in [-0.2, -0.15) is 0 Å². The van der Waals surface area contributed by atoms with Gasteiger partial charge in [0.05, 0.1) is 0 Å². The van der Waals surface area contributed by atoms with Crippen LogP contribution >= 0.6 is 0 Å². The molecule has 14 heavy (non-hydrogen) atoms. The molecule has 1 fully saturated rings. The quantitative estimate of drug-likeness (QED) is 0.728. The van der Waals surface area contributed by atoms with Gasteiger partial charge < -0.3 is 10.6 Å². The van der Waals surface area contributed by atoms with Gasteiger partial charge in [0.2, 0.25) is 0 Å². The van der Waals surface area contributed by atoms with Gasteiger partial charge in [0.25, 0.3) is 0 Å². The van der Waals surface area contributed by atoms with E-state index in [2.05, 4.69) is 37.7 Å². The van der Waals surface area contributed by atoms with Crippen molar-refractivity contribution in [3.8, 4) is 0 Å². The van der Waals surface area contributed by atoms with Crippen molar-refractivity contribution >= 4 is 0 Å². The first-order chi connectivity index (χ1) is 6.52. The zero-order valence-electron chi connectivity index (χ0n) is 10.0. The number of piperidine rings is 1. The molecule has 0 saturated carbocycles. The molecule has 0 aromatic rings. The molecule has 0 aliphatic carbocycles. The number of nitrogens with zero attached hydrogens (tertiary/aromatic N) is 2. The number of likely N-dealkylation sites (N-methyl/N-ethyl adjacent to an activating group) is 2. The van der Waals surface area contributed by atoms with Crippen LogP contribution in [0.5, 0.6) is 0 Å². The molecule has 1 rings (SSSR count). The zero-order valence-corrected chi connectivity index (χ0v) is 10.0. The van der Waals surface area contributed by atoms with Crippen molar-refractivity contribution in [3.63, 3.8) is 0 Å². The topological polar surface area (TPSA) is 32.5 Å². The summed E-state index contributed by atoms with van der Waals surface area (Å²) in [5.74, 6) is 0. The molecular formula is C11H25N3. The normalized spacial score (nSPS) is 29.1. The highest BCUT2D eigenvalue weighted by Gasteiger charge is 2.25. The molecule has 0 aromatic heterocycles. The van der Waals surface area contributed by atoms with Crippen LogP contribution in [0.15, 0.2) is 0 Å². The van der Waals surface area contributed by atoms with Gasteiger partial charge in [-0.25, -0.2) is 0 Å². The minimum atomic E-state index is 0.257. The third-order valence-electron chi connectivity index (χ3n) is 3.58. The maximum absolute atomic E-state index is 5.92. The van der Waals surface area contributed by atoms with Gasteiger partial charge in [-0.05, 0) is 47.3 Å². The summed E-state index contributed by atoms with van der Waals surface area (Å²) in [6.45, 7) is 6.75. The van der Waals surface area contributed by atoms with Gasteiger partial charge in [0.15, 0.2) is 0 Å². The summed E-state index contributed by atoms with van der Waals surface area (Å²) >= 11 is 0. The number of rotatable bonds is 3. The predicted molar refractivity (Wildman–Crippen MR) is 61.4 cm³/mol. The summed E-state index contributed by atoms with van der Waals surface area (Å²) in [6.07, 6.45) is 2.63. The van der Waals surface area contributed by atoms with Crippen LogP contribution in [0.3, 0.4) is 0 Å². The summed E-state index contributed by atoms with van der Waals surface area (Å²) in [5.41, 5.74) is 5.92. The Labute approximate surface area is 88.2 Å². The third kappa shape index (κ3) is 2.94. The maximum Gasteiger partial charge on any atom is 0.0223 e. The van der Waals surface area contributed by atoms with E-state index in [0.29, 0.717) is 12.1 Å². The Morgan fingerprint density at radius 1 is 1.43 bits per heavy atom. The molecule has 0 spiro atoms. The van der Waals surface area contributed by atoms with E-state index in [1.807, 2.05) is 0 Å². The van der Waals surface area contributed by atoms with Crippen molar-refractivity contribution in [1.82, 2.24) is 9.80 Å². The van der Waals surface area contributed by atoms with Crippen LogP contribution in [0.25, 0.3) is 0 Å². The molecule has 1 heterocycles. The molecule has 2 N–H and O–H groups in total. The molecule has 1 saturated heterocycles. The lowest BCUT2D eigenvalue weighted by molar-refractivity contribution is 0.0967. The largest absolute Gasteiger partial charge is 0.327 e. The molecule has 3 unspecified atom stereocenters. The predicted octanol–water partition coefficient (Wildman–Crippen LogP) is 0.748. The lowest BCUT2D eigenvalue weighted by Crippen LogP contribution is -2.52. The number of likely N-dealkylation sites (tertiary alicyclic amines) is 1. The van der Waals surface area contributed by atoms with Crippen LogP contribution in [0.4, 0.5) is 0 Å². The Kier molecular flexibility index (Phi) is 4.35. The van der Waals surface area contributed by atoms with Gasteiger partial charge in [-0.1, -0.05) is 0 Å². The molecule has 0 aromatic carbocycles. The van der Waals surface area contributed by atoms with Gasteiger partial charge in [-0.3, -0.25) is 4.90 Å². The van der Waals surface area contributed by atoms with Crippen LogP contribution in [0, 0.1) is 0 Å². The van der Waals surface area contributed by atoms with E-state index in [1.54, 1.807) is 0 Å². The van der Waals surface area contributed by atoms with Gasteiger partial charge >= 0.3 is 0 Å². The monoisotopic (exact) mass is 199 g/mol. The van der Waals surface area contributed by atoms with Crippen molar-refractivity contribution in [1.29, 1.82) is 0 Å². The van der Waals surface area contributed by atoms with Crippen LogP contribution < -0.4 is 5.73 Å². The molecule has 3 nitrogen and oxygen atoms in total. The fourth-order valence-corrected chi connectivity index (χ4v) is 2.18. The first-order valence-electron chi connectivity index (χ1n) is 5.68. The third-order valence-corrected chi connectivity index (χ3v) is 3.58. The van der Waals surface area contributed by atoms with Gasteiger partial charge in [0.1, 0.15) is 0 Å². The minimum Gasteiger partial charge on any atom is -0.327 e. The molecule has 0 bridgehead atoms. The highest BCUT2D eigenvalue weighted by atomic mass is 15.2. The second-order valence-corrected chi connectivity index (χ2v) is 4.82. The molecule has 0 amide bonds. The van der Waals surface area contributed by atoms with Crippen molar-refractivity contribution < 1.29 is 0 Å². The lowest BCUT2D eigenvalue weighted by Gasteiger charge is -2.40. The molecule has 3 heteroatoms. The minimum absolute atomic E-state index is 0.257. The number of hydrogen-bond donors (Lipinski definition) is 1. The van der Waals surface area contributed by atoms with Crippen LogP contribution in [-0.2, 0) is 0 Å². The van der Waals surface area contributed by atoms with E-state index in [0.717, 1.165) is 0 Å². The Morgan fingerprint density at radius 2 is 2.07 bits per heavy atom. The fraction of sp³-hybridized carbons (Fsp3) is 1.00. The highest BCUT2D eigenvalue weighted by Crippen LogP contribution is 2.16. The molecular weight excluding hydrogens is 174 g/mol. The SMILES string of the molecule is CC(N)C(C)N(C)C1CCCN(C)C1. The summed E-state index contributed by atoms with van der Waals surface area (Å²) in [7, 11) is 4.41. The van der Waals surface area contributed by atoms with Crippen molar-refractivity contribution in [3.05, 3.63) is 0 Å². The second kappa shape index (κ2) is 5.10. The highest BCUT2D eigenvalue weighted by molar-refractivity contribution is 4.83. The van der Waals surface area contributed by atoms with Gasteiger partial charge in [0, 0.05) is 24.7 Å². The average Bonchev–Trinajstić information content (AvgIpc) is 2.15. The van der Waals surface area contributed by atoms with Crippen LogP contribution in [0.2, 0.25) is 0 Å². The fourth-order valence-electron chi connectivity index (χ4n) is 2.18. The zero-order chi connectivity index (χ0) is 10.7. The Hall–Kier alpha value is -0.120. The standard InChI is InChI=1S/C11H25N3/c1-9(12)10(2)14(4)11-6-5-7-13(3)8-11/h9-11H,5-8,12H2,1-4H3. The second-order valence-electron chi connectivity index (χ2n) is 4.82. The van der Waals surface area contributed by atoms with Crippen molar-refractivity contribution in [2.24, 2.45) is 5.73 Å². The first-order valence-corrected chi connectivity index (χ1v) is 5.68. The lowest BCUT2D eigenvalue weighted by atomic mass is 10.0. The van der Waals surface area contributed by atoms with E-state index < -0.39 is 0 Å². The first kappa shape index (κ1) is 12.0. The van der Waals surface area contributed by atoms with Crippen LogP contribution in [-0.4, -0.2) is 55.1 Å². The molecule has 0 radical (unpaired) electrons. The van der Waals surface area contributed by atoms with E-state index in [9.17, 15) is 0 Å². The van der Waals surface area contributed by atoms with E-state index >= 15 is 0 Å². The van der Waals surface area contributed by atoms with Crippen molar-refractivity contribution in [2.45, 2.75) is 44.8 Å². The molecule has 3 atom stereocenters. The van der Waals surface area contributed by atoms with Crippen molar-refractivity contribution in [2.75, 3.05) is 27.2 Å². The molecule has 1 aliphatic rings. The molecule has 1 aliphatic heterocycles. The number of hydrogen-bond acceptors (Lipinski definition) is 3. The smallest absolute Gasteiger partial charge is 0.0223 e. The number of nitrogens with two attached hydrogens (primary N) is 1. The van der Waals surface area contributed by atoms with Gasteiger partial charge in [-0.15, -0.1) is 0 Å². The summed E-state index contributed by atoms with van der Waals surface area (Å²) < 4.78 is 0. The van der Waals surface area contributed by atoms with E-state index in [-0.39, 0.29) is 6.04 Å². The maximum atomic E-state index is 5.92.